The predicted octanol–water partition coefficient (Wildman–Crippen LogP) is -0.762. The van der Waals surface area contributed by atoms with Gasteiger partial charge >= 0.3 is 65.5 Å². The summed E-state index contributed by atoms with van der Waals surface area (Å²) in [5.41, 5.74) is 5.24. The van der Waals surface area contributed by atoms with Gasteiger partial charge in [-0.05, 0) is 97.6 Å². The summed E-state index contributed by atoms with van der Waals surface area (Å²) in [5.74, 6) is -6.61. The van der Waals surface area contributed by atoms with Crippen LogP contribution in [0.15, 0.2) is 0 Å². The number of cyclic esters (lactones) is 2. The van der Waals surface area contributed by atoms with Gasteiger partial charge in [-0.2, -0.15) is 5.06 Å². The normalized spacial score (nSPS) is 13.7. The van der Waals surface area contributed by atoms with Crippen LogP contribution < -0.4 is 67.1 Å². The van der Waals surface area contributed by atoms with Crippen molar-refractivity contribution in [3.63, 3.8) is 0 Å². The minimum Gasteiger partial charge on any atom is -0.662 e. The molecule has 4 fully saturated rings. The van der Waals surface area contributed by atoms with Crippen LogP contribution in [-0.4, -0.2) is 331 Å². The molecule has 0 aromatic rings. The fourth-order valence-corrected chi connectivity index (χ4v) is 7.72. The average Bonchev–Trinajstić information content (AvgIpc) is 1.73. The number of methoxy groups -OCH3 is 6. The van der Waals surface area contributed by atoms with Crippen molar-refractivity contribution < 1.29 is 201 Å². The molecule has 0 spiro atoms. The number of carboxylic acid groups (broad SMARTS) is 3. The second kappa shape index (κ2) is 102. The van der Waals surface area contributed by atoms with Gasteiger partial charge in [0.15, 0.2) is 0 Å². The Kier molecular flexibility index (Phi) is 109. The van der Waals surface area contributed by atoms with Gasteiger partial charge in [0.1, 0.15) is 46.2 Å². The first-order valence-electron chi connectivity index (χ1n) is 37.6. The number of rotatable bonds is 51. The number of hydrogen-bond donors (Lipinski definition) is 10. The van der Waals surface area contributed by atoms with Gasteiger partial charge in [0, 0.05) is 103 Å². The number of imide groups is 2. The van der Waals surface area contributed by atoms with E-state index in [2.05, 4.69) is 61.7 Å². The van der Waals surface area contributed by atoms with Crippen LogP contribution in [0.25, 0.3) is 0 Å². The summed E-state index contributed by atoms with van der Waals surface area (Å²) < 4.78 is 67.6. The maximum atomic E-state index is 11.3. The maximum Gasteiger partial charge on any atom is 1.00 e. The number of hydroxylamine groups is 4. The Morgan fingerprint density at radius 1 is 0.617 bits per heavy atom. The van der Waals surface area contributed by atoms with Crippen LogP contribution in [0, 0.1) is 24.7 Å². The predicted molar refractivity (Wildman–Crippen MR) is 428 cm³/mol. The van der Waals surface area contributed by atoms with Gasteiger partial charge in [0.2, 0.25) is 22.7 Å². The average molecular weight is 1840 g/mol. The molecule has 43 nitrogen and oxygen atoms in total. The van der Waals surface area contributed by atoms with E-state index in [1.165, 1.54) is 40.6 Å². The molecule has 0 aromatic heterocycles. The smallest absolute Gasteiger partial charge is 0.662 e. The van der Waals surface area contributed by atoms with Crippen molar-refractivity contribution in [2.24, 2.45) is 17.6 Å². The fraction of sp³-hybridized carbons (Fsp3) is 0.764. The van der Waals surface area contributed by atoms with E-state index in [9.17, 15) is 67.1 Å². The molecule has 698 valence electrons. The zero-order valence-corrected chi connectivity index (χ0v) is 75.8. The molecular weight excluding hydrogens is 1700 g/mol. The third-order valence-electron chi connectivity index (χ3n) is 14.0. The monoisotopic (exact) mass is 1830 g/mol. The largest absolute Gasteiger partial charge is 1.00 e. The van der Waals surface area contributed by atoms with Gasteiger partial charge in [0.25, 0.3) is 30.1 Å². The molecule has 4 rings (SSSR count). The van der Waals surface area contributed by atoms with Crippen molar-refractivity contribution in [2.75, 3.05) is 194 Å². The van der Waals surface area contributed by atoms with Crippen molar-refractivity contribution in [1.82, 2.24) is 36.7 Å². The number of alkyl carbamates (subject to hydrolysis) is 1. The quantitative estimate of drug-likeness (QED) is 0.00306. The topological polar surface area (TPSA) is 591 Å². The molecule has 4 saturated heterocycles. The second-order valence-corrected chi connectivity index (χ2v) is 25.4. The molecule has 4 aliphatic heterocycles. The summed E-state index contributed by atoms with van der Waals surface area (Å²) in [4.78, 5) is 167. The fourth-order valence-electron chi connectivity index (χ4n) is 7.72. The number of carboxylic acids is 3. The number of nitrogens with two attached hydrogens (primary N) is 1. The number of unbranched alkanes of at least 4 members (excludes halogenated alkanes) is 4. The summed E-state index contributed by atoms with van der Waals surface area (Å²) in [6.45, 7) is 12.7. The molecule has 120 heavy (non-hydrogen) atoms. The minimum atomic E-state index is -0.953. The van der Waals surface area contributed by atoms with Crippen molar-refractivity contribution in [3.05, 3.63) is 0 Å². The number of carbonyl (C=O) groups is 15. The van der Waals surface area contributed by atoms with E-state index in [0.29, 0.717) is 116 Å². The Morgan fingerprint density at radius 2 is 0.958 bits per heavy atom. The summed E-state index contributed by atoms with van der Waals surface area (Å²) >= 11 is 19.5. The number of esters is 1. The van der Waals surface area contributed by atoms with Crippen LogP contribution in [0.2, 0.25) is 0 Å². The van der Waals surface area contributed by atoms with Gasteiger partial charge < -0.3 is 124 Å². The molecule has 11 N–H and O–H groups in total. The van der Waals surface area contributed by atoms with Gasteiger partial charge in [-0.25, -0.2) is 19.2 Å². The number of likely N-dealkylation sites (N-methyl/N-ethyl adjacent to an activating group) is 1. The molecule has 0 unspecified atom stereocenters. The second-order valence-electron chi connectivity index (χ2n) is 23.5. The molecular formula is C72H131Cl4N8NaO35. The van der Waals surface area contributed by atoms with Crippen molar-refractivity contribution in [1.29, 1.82) is 0 Å². The van der Waals surface area contributed by atoms with Gasteiger partial charge in [-0.1, -0.05) is 49.9 Å². The van der Waals surface area contributed by atoms with Gasteiger partial charge in [-0.15, -0.1) is 41.1 Å². The number of alkyl halides is 4. The minimum absolute atomic E-state index is 0. The molecule has 0 radical (unpaired) electrons. The molecule has 8 amide bonds. The number of nitrogens with zero attached hydrogens (tertiary/aromatic N) is 2. The summed E-state index contributed by atoms with van der Waals surface area (Å²) in [6, 6.07) is -0.636. The molecule has 0 aliphatic carbocycles. The zero-order valence-electron chi connectivity index (χ0n) is 71.8. The number of ketones is 1. The van der Waals surface area contributed by atoms with E-state index in [1.54, 1.807) is 49.1 Å². The molecule has 4 aliphatic rings. The number of amides is 8. The Balaban J connectivity index is -0.000000146. The first kappa shape index (κ1) is 129. The van der Waals surface area contributed by atoms with E-state index < -0.39 is 70.6 Å². The summed E-state index contributed by atoms with van der Waals surface area (Å²) in [7, 11) is 11.0. The number of halogens is 4. The SMILES string of the molecule is C1CCOC1.CN[C@@H](CCCCNC(=O)COCCOC)C(C)=O.COC(Cl)Cl.COCCOCC(=O)NCCCC[C@@H]1NC(=O)OC1=O.COCCOCC(=O)NCCCC[C@H](C)C(=O)O.COCCOCC(=O)O.COCCOCC(=O)ON1C(=O)CCC1=O.C[C@@H](CCCCN)C(=O)O.ClCCl.O=C1CCC(=O)N1O.O=CO[O-].[2HH].[2H]C#C.[Na+]. The van der Waals surface area contributed by atoms with E-state index in [0.717, 1.165) is 64.6 Å². The number of ether oxygens (including phenoxy) is 13. The Morgan fingerprint density at radius 3 is 1.23 bits per heavy atom. The third kappa shape index (κ3) is 101. The summed E-state index contributed by atoms with van der Waals surface area (Å²) in [5, 5.41) is 55.7. The maximum absolute atomic E-state index is 11.3. The van der Waals surface area contributed by atoms with Crippen LogP contribution >= 0.6 is 46.4 Å². The Labute approximate surface area is 747 Å². The molecule has 4 atom stereocenters. The molecule has 48 heteroatoms. The number of Topliss-reactive ketones (excluding diaryl/α,β-unsaturated/α-hetero) is 1. The zero-order chi connectivity index (χ0) is 93.0. The van der Waals surface area contributed by atoms with E-state index in [-0.39, 0.29) is 155 Å². The third-order valence-corrected chi connectivity index (χ3v) is 14.3. The summed E-state index contributed by atoms with van der Waals surface area (Å²) in [6.07, 6.45) is 17.3. The molecule has 0 saturated carbocycles. The van der Waals surface area contributed by atoms with Crippen LogP contribution in [-0.2, 0) is 138 Å². The Bertz CT molecular complexity index is 2660. The first-order valence-corrected chi connectivity index (χ1v) is 39.0. The van der Waals surface area contributed by atoms with E-state index in [1.807, 2.05) is 0 Å². The van der Waals surface area contributed by atoms with Crippen LogP contribution in [0.5, 0.6) is 0 Å². The van der Waals surface area contributed by atoms with Crippen LogP contribution in [0.1, 0.15) is 139 Å². The van der Waals surface area contributed by atoms with Crippen molar-refractivity contribution in [3.8, 4) is 12.8 Å². The van der Waals surface area contributed by atoms with Crippen LogP contribution in [0.3, 0.4) is 0 Å². The number of aliphatic carboxylic acids is 3. The molecule has 0 bridgehead atoms. The van der Waals surface area contributed by atoms with Gasteiger partial charge in [0.05, 0.1) is 89.3 Å². The molecule has 0 aromatic carbocycles. The van der Waals surface area contributed by atoms with E-state index in [4.69, 9.17) is 127 Å². The van der Waals surface area contributed by atoms with Crippen molar-refractivity contribution >= 4 is 136 Å². The molecule has 4 heterocycles. The number of terminal acetylenes is 1. The number of carbonyl (C=O) groups excluding carboxylic acids is 12. The van der Waals surface area contributed by atoms with Crippen LogP contribution in [0.4, 0.5) is 4.79 Å². The number of hydrogen-bond acceptors (Lipinski definition) is 34. The van der Waals surface area contributed by atoms with Gasteiger partial charge in [-0.3, -0.25) is 57.9 Å². The number of nitrogens with one attached hydrogen (secondary N) is 5. The van der Waals surface area contributed by atoms with Crippen molar-refractivity contribution in [2.45, 2.75) is 153 Å². The Hall–Kier alpha value is -6.27. The standard InChI is InChI=1S/C13H26N2O4.C12H20N2O6.C12H23NO5.C9H13NO6.C7H15NO2.C5H10O4.C4H5NO3.C4H8O.C2H4Cl2O.C2H2.CH2Cl2.CH2O3.Na.H2/c1-11(16)12(14-2)6-4-5-7-15-13(17)10-19-9-8-18-3;1-18-6-7-19-8-10(15)13-5-3-2-4-9-11(16)20-12(17)14-9;1-10(12(15)16)5-3-4-6-13-11(14)9-18-8-7-17-2;1-14-4-5-15-6-9(13)16-10-7(11)2-3-8(10)12;1-6(7(9)10)4-2-3-5-8;1-8-2-3-9-4-5(6)7;6-3-1-2-4(7)5(3)8;1-2-4-5-3-1;1-5-2(3)4;1-2;2-1-3;2-1-4-3;;/h12,14H,4-10H2,1-3H3,(H,15,17);9H,2-8H2,1H3,(H,13,15)(H,14,17);10H,3-9H2,1-2H3,(H,13,14)(H,15,16);2-6H2,1H3;6H,2-5,8H2,1H3,(H,9,10);2-4H2,1H3,(H,6,7);8H,1-2H2;1-4H2;2H,1H3;1-2H;1H2;1,3H;;1H/q;;;;;;;;;;;;+1;/p-1/t12-;9-;10-;;6-;;;;;;;;;/m000.0........./s1/i;;;;;;;;;1D;;;;1+1. The van der Waals surface area contributed by atoms with E-state index >= 15 is 0 Å². The first-order chi connectivity index (χ1) is 57.1.